The van der Waals surface area contributed by atoms with Gasteiger partial charge in [0, 0.05) is 20.1 Å². The highest BCUT2D eigenvalue weighted by molar-refractivity contribution is 5.37. The molecule has 0 aliphatic carbocycles. The van der Waals surface area contributed by atoms with Crippen molar-refractivity contribution >= 4 is 11.9 Å². The fourth-order valence-electron chi connectivity index (χ4n) is 1.47. The Kier molecular flexibility index (Phi) is 5.32. The number of aromatic nitrogens is 3. The average Bonchev–Trinajstić information content (AvgIpc) is 2.39. The van der Waals surface area contributed by atoms with Gasteiger partial charge in [-0.3, -0.25) is 0 Å². The molecular weight excluding hydrogens is 242 g/mol. The molecule has 6 heteroatoms. The molecule has 1 aromatic heterocycles. The first kappa shape index (κ1) is 15.5. The Bertz CT molecular complexity index is 404. The molecule has 0 fully saturated rings. The van der Waals surface area contributed by atoms with Crippen LogP contribution in [0.4, 0.5) is 11.9 Å². The number of hydrogen-bond acceptors (Lipinski definition) is 6. The van der Waals surface area contributed by atoms with Gasteiger partial charge in [-0.05, 0) is 34.1 Å². The molecule has 0 amide bonds. The van der Waals surface area contributed by atoms with Gasteiger partial charge in [-0.15, -0.1) is 0 Å². The van der Waals surface area contributed by atoms with Gasteiger partial charge in [0.1, 0.15) is 5.60 Å². The van der Waals surface area contributed by atoms with Gasteiger partial charge in [0.25, 0.3) is 0 Å². The molecule has 0 aliphatic heterocycles. The topological polar surface area (TPSA) is 63.2 Å². The standard InChI is InChI=1S/C13H25N5O/c1-7-13(4,5)19-12-16-10(14-6)15-11(17-12)18(8-2)9-3/h7-9H2,1-6H3,(H,14,15,16,17). The Morgan fingerprint density at radius 2 is 1.74 bits per heavy atom. The van der Waals surface area contributed by atoms with Gasteiger partial charge in [-0.2, -0.15) is 15.0 Å². The predicted molar refractivity (Wildman–Crippen MR) is 77.9 cm³/mol. The summed E-state index contributed by atoms with van der Waals surface area (Å²) in [6.45, 7) is 12.0. The number of ether oxygens (including phenoxy) is 1. The van der Waals surface area contributed by atoms with Crippen LogP contribution < -0.4 is 15.0 Å². The van der Waals surface area contributed by atoms with Crippen molar-refractivity contribution in [3.05, 3.63) is 0 Å². The third-order valence-electron chi connectivity index (χ3n) is 3.09. The highest BCUT2D eigenvalue weighted by Gasteiger charge is 2.20. The second kappa shape index (κ2) is 6.54. The molecule has 19 heavy (non-hydrogen) atoms. The summed E-state index contributed by atoms with van der Waals surface area (Å²) < 4.78 is 5.84. The Hall–Kier alpha value is -1.59. The summed E-state index contributed by atoms with van der Waals surface area (Å²) in [6, 6.07) is 0.369. The lowest BCUT2D eigenvalue weighted by Gasteiger charge is -2.25. The van der Waals surface area contributed by atoms with E-state index < -0.39 is 0 Å². The van der Waals surface area contributed by atoms with Crippen LogP contribution in [0.5, 0.6) is 6.01 Å². The Labute approximate surface area is 115 Å². The lowest BCUT2D eigenvalue weighted by atomic mass is 10.1. The Morgan fingerprint density at radius 3 is 2.21 bits per heavy atom. The normalized spacial score (nSPS) is 11.3. The van der Waals surface area contributed by atoms with Gasteiger partial charge in [-0.25, -0.2) is 0 Å². The third-order valence-corrected chi connectivity index (χ3v) is 3.09. The zero-order chi connectivity index (χ0) is 14.5. The van der Waals surface area contributed by atoms with Gasteiger partial charge in [0.05, 0.1) is 0 Å². The van der Waals surface area contributed by atoms with E-state index in [-0.39, 0.29) is 5.60 Å². The second-order valence-corrected chi connectivity index (χ2v) is 4.88. The maximum absolute atomic E-state index is 5.84. The highest BCUT2D eigenvalue weighted by atomic mass is 16.5. The average molecular weight is 267 g/mol. The summed E-state index contributed by atoms with van der Waals surface area (Å²) in [6.07, 6.45) is 0.883. The molecular formula is C13H25N5O. The van der Waals surface area contributed by atoms with E-state index in [0.29, 0.717) is 17.9 Å². The molecule has 0 saturated carbocycles. The van der Waals surface area contributed by atoms with Gasteiger partial charge >= 0.3 is 6.01 Å². The summed E-state index contributed by atoms with van der Waals surface area (Å²) in [5, 5.41) is 2.95. The lowest BCUT2D eigenvalue weighted by Crippen LogP contribution is -2.29. The zero-order valence-corrected chi connectivity index (χ0v) is 12.8. The number of nitrogens with zero attached hydrogens (tertiary/aromatic N) is 4. The minimum Gasteiger partial charge on any atom is -0.457 e. The van der Waals surface area contributed by atoms with Crippen molar-refractivity contribution < 1.29 is 4.74 Å². The van der Waals surface area contributed by atoms with Gasteiger partial charge in [-0.1, -0.05) is 6.92 Å². The van der Waals surface area contributed by atoms with Gasteiger partial charge in [0.15, 0.2) is 0 Å². The monoisotopic (exact) mass is 267 g/mol. The molecule has 1 rings (SSSR count). The molecule has 0 aromatic carbocycles. The van der Waals surface area contributed by atoms with Crippen molar-refractivity contribution in [3.8, 4) is 6.01 Å². The van der Waals surface area contributed by atoms with Crippen LogP contribution in [0.2, 0.25) is 0 Å². The van der Waals surface area contributed by atoms with Crippen LogP contribution in [0.25, 0.3) is 0 Å². The molecule has 0 atom stereocenters. The molecule has 1 heterocycles. The van der Waals surface area contributed by atoms with Crippen molar-refractivity contribution in [1.82, 2.24) is 15.0 Å². The van der Waals surface area contributed by atoms with Gasteiger partial charge in [0.2, 0.25) is 11.9 Å². The number of hydrogen-bond donors (Lipinski definition) is 1. The summed E-state index contributed by atoms with van der Waals surface area (Å²) in [5.41, 5.74) is -0.285. The van der Waals surface area contributed by atoms with Crippen LogP contribution in [0.15, 0.2) is 0 Å². The van der Waals surface area contributed by atoms with Crippen LogP contribution in [-0.2, 0) is 0 Å². The molecule has 0 bridgehead atoms. The molecule has 0 unspecified atom stereocenters. The predicted octanol–water partition coefficient (Wildman–Crippen LogP) is 2.33. The van der Waals surface area contributed by atoms with Crippen molar-refractivity contribution in [2.24, 2.45) is 0 Å². The van der Waals surface area contributed by atoms with E-state index in [1.807, 2.05) is 13.8 Å². The second-order valence-electron chi connectivity index (χ2n) is 4.88. The first-order chi connectivity index (χ1) is 8.95. The summed E-state index contributed by atoms with van der Waals surface area (Å²) in [4.78, 5) is 15.1. The minimum absolute atomic E-state index is 0.285. The maximum atomic E-state index is 5.84. The smallest absolute Gasteiger partial charge is 0.323 e. The van der Waals surface area contributed by atoms with E-state index in [1.165, 1.54) is 0 Å². The lowest BCUT2D eigenvalue weighted by molar-refractivity contribution is 0.0925. The Morgan fingerprint density at radius 1 is 1.11 bits per heavy atom. The van der Waals surface area contributed by atoms with E-state index in [1.54, 1.807) is 7.05 Å². The van der Waals surface area contributed by atoms with Crippen molar-refractivity contribution in [2.75, 3.05) is 30.4 Å². The molecule has 0 saturated heterocycles. The van der Waals surface area contributed by atoms with Crippen LogP contribution in [0.1, 0.15) is 41.0 Å². The first-order valence-electron chi connectivity index (χ1n) is 6.83. The molecule has 0 spiro atoms. The minimum atomic E-state index is -0.285. The van der Waals surface area contributed by atoms with E-state index >= 15 is 0 Å². The van der Waals surface area contributed by atoms with E-state index in [0.717, 1.165) is 19.5 Å². The van der Waals surface area contributed by atoms with Crippen LogP contribution >= 0.6 is 0 Å². The largest absolute Gasteiger partial charge is 0.457 e. The summed E-state index contributed by atoms with van der Waals surface area (Å²) in [5.74, 6) is 1.17. The summed E-state index contributed by atoms with van der Waals surface area (Å²) in [7, 11) is 1.79. The molecule has 0 radical (unpaired) electrons. The molecule has 6 nitrogen and oxygen atoms in total. The number of nitrogens with one attached hydrogen (secondary N) is 1. The Balaban J connectivity index is 3.08. The van der Waals surface area contributed by atoms with Crippen molar-refractivity contribution in [3.63, 3.8) is 0 Å². The highest BCUT2D eigenvalue weighted by Crippen LogP contribution is 2.20. The SMILES string of the molecule is CCN(CC)c1nc(NC)nc(OC(C)(C)CC)n1. The van der Waals surface area contributed by atoms with E-state index in [9.17, 15) is 0 Å². The fourth-order valence-corrected chi connectivity index (χ4v) is 1.47. The van der Waals surface area contributed by atoms with Crippen LogP contribution in [0, 0.1) is 0 Å². The van der Waals surface area contributed by atoms with Crippen LogP contribution in [0.3, 0.4) is 0 Å². The van der Waals surface area contributed by atoms with E-state index in [4.69, 9.17) is 4.74 Å². The van der Waals surface area contributed by atoms with Crippen LogP contribution in [-0.4, -0.2) is 40.7 Å². The molecule has 108 valence electrons. The molecule has 0 aliphatic rings. The fraction of sp³-hybridized carbons (Fsp3) is 0.769. The summed E-state index contributed by atoms with van der Waals surface area (Å²) >= 11 is 0. The zero-order valence-electron chi connectivity index (χ0n) is 12.8. The quantitative estimate of drug-likeness (QED) is 0.818. The van der Waals surface area contributed by atoms with Crippen molar-refractivity contribution in [2.45, 2.75) is 46.6 Å². The number of anilines is 2. The van der Waals surface area contributed by atoms with Gasteiger partial charge < -0.3 is 15.0 Å². The molecule has 1 aromatic rings. The number of rotatable bonds is 7. The van der Waals surface area contributed by atoms with E-state index in [2.05, 4.69) is 45.9 Å². The van der Waals surface area contributed by atoms with Crippen molar-refractivity contribution in [1.29, 1.82) is 0 Å². The third kappa shape index (κ3) is 4.22. The first-order valence-corrected chi connectivity index (χ1v) is 6.83. The molecule has 1 N–H and O–H groups in total. The maximum Gasteiger partial charge on any atom is 0.323 e.